The number of nitrogens with one attached hydrogen (secondary N) is 1. The molecule has 0 saturated heterocycles. The Morgan fingerprint density at radius 2 is 2.14 bits per heavy atom. The fraction of sp³-hybridized carbons (Fsp3) is 0.562. The van der Waals surface area contributed by atoms with Crippen molar-refractivity contribution in [3.8, 4) is 0 Å². The third kappa shape index (κ3) is 4.27. The van der Waals surface area contributed by atoms with Gasteiger partial charge in [0, 0.05) is 19.6 Å². The summed E-state index contributed by atoms with van der Waals surface area (Å²) in [6, 6.07) is 7.51. The summed E-state index contributed by atoms with van der Waals surface area (Å²) in [6.45, 7) is 0.446. The van der Waals surface area contributed by atoms with Crippen LogP contribution in [0, 0.1) is 5.92 Å². The predicted molar refractivity (Wildman–Crippen MR) is 78.4 cm³/mol. The van der Waals surface area contributed by atoms with Gasteiger partial charge in [0.25, 0.3) is 0 Å². The Kier molecular flexibility index (Phi) is 5.73. The molecule has 0 aliphatic heterocycles. The van der Waals surface area contributed by atoms with Crippen LogP contribution in [0.3, 0.4) is 0 Å². The van der Waals surface area contributed by atoms with Crippen LogP contribution in [-0.2, 0) is 22.7 Å². The zero-order valence-electron chi connectivity index (χ0n) is 12.3. The van der Waals surface area contributed by atoms with Crippen LogP contribution >= 0.6 is 0 Å². The molecule has 0 spiro atoms. The highest BCUT2D eigenvalue weighted by molar-refractivity contribution is 5.78. The molecule has 1 aliphatic rings. The first-order chi connectivity index (χ1) is 10.1. The normalized spacial score (nSPS) is 25.6. The van der Waals surface area contributed by atoms with Crippen molar-refractivity contribution < 1.29 is 19.7 Å². The highest BCUT2D eigenvalue weighted by Crippen LogP contribution is 2.26. The van der Waals surface area contributed by atoms with Crippen molar-refractivity contribution in [3.63, 3.8) is 0 Å². The van der Waals surface area contributed by atoms with Crippen molar-refractivity contribution in [2.75, 3.05) is 7.11 Å². The minimum atomic E-state index is -0.472. The molecule has 3 atom stereocenters. The van der Waals surface area contributed by atoms with Gasteiger partial charge < -0.3 is 20.3 Å². The number of methoxy groups -OCH3 is 1. The van der Waals surface area contributed by atoms with E-state index in [0.29, 0.717) is 25.8 Å². The first kappa shape index (κ1) is 15.9. The molecule has 1 fully saturated rings. The van der Waals surface area contributed by atoms with E-state index in [1.165, 1.54) is 0 Å². The topological polar surface area (TPSA) is 78.8 Å². The number of hydrogen-bond donors (Lipinski definition) is 3. The molecule has 0 aromatic heterocycles. The van der Waals surface area contributed by atoms with Crippen LogP contribution in [0.1, 0.15) is 30.4 Å². The first-order valence-corrected chi connectivity index (χ1v) is 7.31. The van der Waals surface area contributed by atoms with Gasteiger partial charge in [-0.25, -0.2) is 0 Å². The lowest BCUT2D eigenvalue weighted by atomic mass is 9.84. The lowest BCUT2D eigenvalue weighted by Gasteiger charge is -2.31. The zero-order valence-corrected chi connectivity index (χ0v) is 12.3. The molecule has 1 aliphatic carbocycles. The maximum atomic E-state index is 12.2. The van der Waals surface area contributed by atoms with Crippen LogP contribution in [0.15, 0.2) is 24.3 Å². The summed E-state index contributed by atoms with van der Waals surface area (Å²) >= 11 is 0. The molecule has 1 aromatic carbocycles. The van der Waals surface area contributed by atoms with Gasteiger partial charge in [-0.3, -0.25) is 4.79 Å². The van der Waals surface area contributed by atoms with Crippen molar-refractivity contribution >= 4 is 5.91 Å². The highest BCUT2D eigenvalue weighted by atomic mass is 16.5. The molecule has 1 saturated carbocycles. The van der Waals surface area contributed by atoms with E-state index in [2.05, 4.69) is 5.32 Å². The van der Waals surface area contributed by atoms with E-state index in [0.717, 1.165) is 11.1 Å². The van der Waals surface area contributed by atoms with Crippen molar-refractivity contribution in [1.29, 1.82) is 0 Å². The van der Waals surface area contributed by atoms with E-state index in [1.54, 1.807) is 7.11 Å². The number of aliphatic hydroxyl groups is 2. The lowest BCUT2D eigenvalue weighted by molar-refractivity contribution is -0.130. The first-order valence-electron chi connectivity index (χ1n) is 7.31. The summed E-state index contributed by atoms with van der Waals surface area (Å²) in [5.74, 6) is -0.113. The van der Waals surface area contributed by atoms with Crippen LogP contribution in [-0.4, -0.2) is 35.4 Å². The number of aliphatic hydroxyl groups excluding tert-OH is 2. The maximum absolute atomic E-state index is 12.2. The minimum absolute atomic E-state index is 0.00153. The van der Waals surface area contributed by atoms with Crippen LogP contribution in [0.5, 0.6) is 0 Å². The van der Waals surface area contributed by atoms with Crippen molar-refractivity contribution in [2.45, 2.75) is 44.6 Å². The molecule has 0 unspecified atom stereocenters. The van der Waals surface area contributed by atoms with E-state index in [4.69, 9.17) is 9.84 Å². The smallest absolute Gasteiger partial charge is 0.223 e. The molecule has 0 heterocycles. The van der Waals surface area contributed by atoms with Gasteiger partial charge in [0.05, 0.1) is 18.8 Å². The van der Waals surface area contributed by atoms with E-state index in [-0.39, 0.29) is 24.5 Å². The van der Waals surface area contributed by atoms with Gasteiger partial charge in [-0.1, -0.05) is 24.3 Å². The van der Waals surface area contributed by atoms with Crippen molar-refractivity contribution in [1.82, 2.24) is 5.32 Å². The van der Waals surface area contributed by atoms with Crippen LogP contribution in [0.25, 0.3) is 0 Å². The van der Waals surface area contributed by atoms with E-state index in [1.807, 2.05) is 24.3 Å². The molecule has 1 amide bonds. The number of benzene rings is 1. The fourth-order valence-electron chi connectivity index (χ4n) is 2.78. The Morgan fingerprint density at radius 1 is 1.38 bits per heavy atom. The molecular formula is C16H23NO4. The van der Waals surface area contributed by atoms with Crippen molar-refractivity contribution in [2.24, 2.45) is 5.92 Å². The largest absolute Gasteiger partial charge is 0.392 e. The molecule has 116 valence electrons. The second kappa shape index (κ2) is 7.54. The molecular weight excluding hydrogens is 270 g/mol. The Bertz CT molecular complexity index is 477. The number of ether oxygens (including phenoxy) is 1. The molecule has 1 aromatic rings. The molecule has 3 N–H and O–H groups in total. The van der Waals surface area contributed by atoms with Gasteiger partial charge >= 0.3 is 0 Å². The van der Waals surface area contributed by atoms with Gasteiger partial charge in [0.1, 0.15) is 0 Å². The van der Waals surface area contributed by atoms with Gasteiger partial charge in [0.2, 0.25) is 5.91 Å². The zero-order chi connectivity index (χ0) is 15.2. The van der Waals surface area contributed by atoms with Gasteiger partial charge in [-0.2, -0.15) is 0 Å². The average molecular weight is 293 g/mol. The van der Waals surface area contributed by atoms with Crippen molar-refractivity contribution in [3.05, 3.63) is 35.4 Å². The van der Waals surface area contributed by atoms with E-state index in [9.17, 15) is 9.90 Å². The monoisotopic (exact) mass is 293 g/mol. The summed E-state index contributed by atoms with van der Waals surface area (Å²) in [4.78, 5) is 12.2. The van der Waals surface area contributed by atoms with Gasteiger partial charge in [-0.05, 0) is 30.4 Å². The molecule has 2 rings (SSSR count). The number of carbonyl (C=O) groups is 1. The summed E-state index contributed by atoms with van der Waals surface area (Å²) < 4.78 is 5.22. The van der Waals surface area contributed by atoms with Crippen LogP contribution in [0.2, 0.25) is 0 Å². The lowest BCUT2D eigenvalue weighted by Crippen LogP contribution is -2.41. The second-order valence-corrected chi connectivity index (χ2v) is 5.55. The number of hydrogen-bond acceptors (Lipinski definition) is 4. The summed E-state index contributed by atoms with van der Waals surface area (Å²) in [7, 11) is 1.56. The quantitative estimate of drug-likeness (QED) is 0.756. The Hall–Kier alpha value is -1.43. The Labute approximate surface area is 124 Å². The van der Waals surface area contributed by atoms with Crippen LogP contribution < -0.4 is 5.32 Å². The maximum Gasteiger partial charge on any atom is 0.223 e. The SMILES string of the molecule is CO[C@@H]1C[C@H](C(=O)NCc2cccc(CO)c2)CC[C@@H]1O. The van der Waals surface area contributed by atoms with Crippen LogP contribution in [0.4, 0.5) is 0 Å². The van der Waals surface area contributed by atoms with E-state index >= 15 is 0 Å². The number of rotatable bonds is 5. The third-order valence-corrected chi connectivity index (χ3v) is 4.07. The Balaban J connectivity index is 1.86. The number of carbonyl (C=O) groups excluding carboxylic acids is 1. The molecule has 5 nitrogen and oxygen atoms in total. The summed E-state index contributed by atoms with van der Waals surface area (Å²) in [5.41, 5.74) is 1.80. The van der Waals surface area contributed by atoms with Gasteiger partial charge in [-0.15, -0.1) is 0 Å². The predicted octanol–water partition coefficient (Wildman–Crippen LogP) is 0.971. The minimum Gasteiger partial charge on any atom is -0.392 e. The summed E-state index contributed by atoms with van der Waals surface area (Å²) in [6.07, 6.45) is 1.10. The molecule has 21 heavy (non-hydrogen) atoms. The standard InChI is InChI=1S/C16H23NO4/c1-21-15-8-13(5-6-14(15)19)16(20)17-9-11-3-2-4-12(7-11)10-18/h2-4,7,13-15,18-19H,5-6,8-10H2,1H3,(H,17,20)/t13-,14+,15-/m1/s1. The fourth-order valence-corrected chi connectivity index (χ4v) is 2.78. The third-order valence-electron chi connectivity index (χ3n) is 4.07. The van der Waals surface area contributed by atoms with E-state index < -0.39 is 6.10 Å². The molecule has 5 heteroatoms. The Morgan fingerprint density at radius 3 is 2.86 bits per heavy atom. The molecule has 0 radical (unpaired) electrons. The van der Waals surface area contributed by atoms with Gasteiger partial charge in [0.15, 0.2) is 0 Å². The average Bonchev–Trinajstić information content (AvgIpc) is 2.53. The number of amides is 1. The highest BCUT2D eigenvalue weighted by Gasteiger charge is 2.32. The molecule has 0 bridgehead atoms. The summed E-state index contributed by atoms with van der Waals surface area (Å²) in [5, 5.41) is 21.8. The second-order valence-electron chi connectivity index (χ2n) is 5.55.